The van der Waals surface area contributed by atoms with Crippen LogP contribution in [0.3, 0.4) is 0 Å². The summed E-state index contributed by atoms with van der Waals surface area (Å²) in [6.45, 7) is -1.62. The number of halogens is 12. The van der Waals surface area contributed by atoms with Gasteiger partial charge in [-0.15, -0.1) is 0 Å². The zero-order valence-corrected chi connectivity index (χ0v) is 24.4. The third kappa shape index (κ3) is 58.7. The molecule has 0 atom stereocenters. The summed E-state index contributed by atoms with van der Waals surface area (Å²) >= 11 is 0. The highest BCUT2D eigenvalue weighted by Crippen LogP contribution is 2.18. The molecule has 0 aliphatic heterocycles. The van der Waals surface area contributed by atoms with E-state index in [1.54, 1.807) is 0 Å². The van der Waals surface area contributed by atoms with Gasteiger partial charge in [-0.3, -0.25) is 18.2 Å². The van der Waals surface area contributed by atoms with Gasteiger partial charge >= 0.3 is 24.7 Å². The van der Waals surface area contributed by atoms with E-state index in [9.17, 15) is 86.4 Å². The van der Waals surface area contributed by atoms with Crippen molar-refractivity contribution in [2.45, 2.75) is 24.7 Å². The lowest BCUT2D eigenvalue weighted by atomic mass is 9.93. The maximum atomic E-state index is 11.0. The summed E-state index contributed by atoms with van der Waals surface area (Å²) < 4.78 is 238. The Kier molecular flexibility index (Phi) is 23.7. The molecule has 280 valence electrons. The predicted molar refractivity (Wildman–Crippen MR) is 121 cm³/mol. The zero-order valence-electron chi connectivity index (χ0n) is 21.2. The fourth-order valence-electron chi connectivity index (χ4n) is 1.13. The molecule has 0 saturated carbocycles. The lowest BCUT2D eigenvalue weighted by molar-refractivity contribution is -0.108. The zero-order chi connectivity index (χ0) is 38.2. The quantitative estimate of drug-likeness (QED) is 0.115. The normalized spacial score (nSPS) is 13.4. The highest BCUT2D eigenvalue weighted by atomic mass is 32.2. The summed E-state index contributed by atoms with van der Waals surface area (Å²) in [5, 5.41) is 34.0. The van der Waals surface area contributed by atoms with Gasteiger partial charge in [-0.2, -0.15) is 86.4 Å². The largest absolute Gasteiger partial charge is 0.405 e. The van der Waals surface area contributed by atoms with E-state index in [1.807, 2.05) is 0 Å². The second-order valence-electron chi connectivity index (χ2n) is 7.50. The van der Waals surface area contributed by atoms with Crippen molar-refractivity contribution in [1.29, 1.82) is 0 Å². The summed E-state index contributed by atoms with van der Waals surface area (Å²) in [6.07, 6.45) is -19.4. The van der Waals surface area contributed by atoms with Gasteiger partial charge in [0.05, 0.1) is 31.8 Å². The van der Waals surface area contributed by atoms with Crippen LogP contribution in [-0.2, 0) is 40.5 Å². The molecule has 0 rings (SSSR count). The Labute approximate surface area is 245 Å². The lowest BCUT2D eigenvalue weighted by Gasteiger charge is -2.23. The molecule has 0 bridgehead atoms. The van der Waals surface area contributed by atoms with Crippen molar-refractivity contribution in [3.8, 4) is 0 Å². The van der Waals surface area contributed by atoms with E-state index < -0.39 is 120 Å². The van der Waals surface area contributed by atoms with Crippen molar-refractivity contribution in [2.75, 3.05) is 49.4 Å². The van der Waals surface area contributed by atoms with Crippen molar-refractivity contribution in [3.63, 3.8) is 0 Å². The standard InChI is InChI=1S/C5H12O4.4C2H3F3O3S/c6-1-5(2-7,3-8)4-9;4*3-2(4,5)1-9(6,7)8/h6-9H,1-4H2;4*1H2,(H,6,7,8). The Balaban J connectivity index is -0.000000148. The molecule has 0 aromatic carbocycles. The summed E-state index contributed by atoms with van der Waals surface area (Å²) in [7, 11) is -19.6. The van der Waals surface area contributed by atoms with Crippen LogP contribution in [-0.4, -0.2) is 146 Å². The number of aliphatic hydroxyl groups excluding tert-OH is 4. The first-order valence-electron chi connectivity index (χ1n) is 9.58. The van der Waals surface area contributed by atoms with E-state index in [0.29, 0.717) is 0 Å². The van der Waals surface area contributed by atoms with Gasteiger partial charge in [-0.25, -0.2) is 0 Å². The second kappa shape index (κ2) is 20.1. The molecule has 0 heterocycles. The van der Waals surface area contributed by atoms with Crippen LogP contribution in [0.25, 0.3) is 0 Å². The molecule has 0 aliphatic rings. The van der Waals surface area contributed by atoms with Crippen LogP contribution in [0.15, 0.2) is 0 Å². The van der Waals surface area contributed by atoms with Gasteiger partial charge in [0.25, 0.3) is 40.5 Å². The van der Waals surface area contributed by atoms with Gasteiger partial charge in [0, 0.05) is 0 Å². The molecule has 32 heteroatoms. The van der Waals surface area contributed by atoms with Crippen LogP contribution < -0.4 is 0 Å². The molecule has 0 saturated heterocycles. The minimum absolute atomic E-state index is 0.406. The van der Waals surface area contributed by atoms with Crippen molar-refractivity contribution in [3.05, 3.63) is 0 Å². The molecule has 0 aromatic heterocycles. The van der Waals surface area contributed by atoms with Crippen molar-refractivity contribution < 1.29 is 125 Å². The minimum Gasteiger partial charge on any atom is -0.396 e. The molecule has 0 amide bonds. The summed E-state index contributed by atoms with van der Waals surface area (Å²) in [5.41, 5.74) is -1.11. The molecular weight excluding hydrogens is 768 g/mol. The molecule has 8 N–H and O–H groups in total. The minimum atomic E-state index is -4.91. The van der Waals surface area contributed by atoms with Crippen molar-refractivity contribution >= 4 is 40.5 Å². The Morgan fingerprint density at radius 2 is 0.444 bits per heavy atom. The van der Waals surface area contributed by atoms with E-state index >= 15 is 0 Å². The average Bonchev–Trinajstić information content (AvgIpc) is 2.60. The van der Waals surface area contributed by atoms with Crippen LogP contribution in [0, 0.1) is 5.41 Å². The van der Waals surface area contributed by atoms with Gasteiger partial charge in [0.15, 0.2) is 23.0 Å². The Hall–Kier alpha value is -1.36. The van der Waals surface area contributed by atoms with Crippen LogP contribution in [0.2, 0.25) is 0 Å². The fourth-order valence-corrected chi connectivity index (χ4v) is 2.78. The average molecular weight is 793 g/mol. The topological polar surface area (TPSA) is 298 Å². The summed E-state index contributed by atoms with van der Waals surface area (Å²) in [5.74, 6) is -8.72. The SMILES string of the molecule is O=S(=O)(O)CC(F)(F)F.O=S(=O)(O)CC(F)(F)F.O=S(=O)(O)CC(F)(F)F.O=S(=O)(O)CC(F)(F)F.OCC(CO)(CO)CO. The number of hydrogen-bond donors (Lipinski definition) is 8. The maximum absolute atomic E-state index is 11.0. The molecule has 0 radical (unpaired) electrons. The molecular formula is C13H24F12O16S4. The molecule has 0 spiro atoms. The first-order chi connectivity index (χ1) is 19.1. The number of alkyl halides is 12. The summed E-state index contributed by atoms with van der Waals surface area (Å²) in [4.78, 5) is 0. The van der Waals surface area contributed by atoms with E-state index in [1.165, 1.54) is 0 Å². The van der Waals surface area contributed by atoms with Crippen LogP contribution >= 0.6 is 0 Å². The fraction of sp³-hybridized carbons (Fsp3) is 1.00. The first-order valence-corrected chi connectivity index (χ1v) is 16.0. The van der Waals surface area contributed by atoms with E-state index in [0.717, 1.165) is 0 Å². The van der Waals surface area contributed by atoms with Crippen LogP contribution in [0.4, 0.5) is 52.7 Å². The number of aliphatic hydroxyl groups is 4. The third-order valence-electron chi connectivity index (χ3n) is 2.73. The molecule has 45 heavy (non-hydrogen) atoms. The van der Waals surface area contributed by atoms with E-state index in [-0.39, 0.29) is 0 Å². The second-order valence-corrected chi connectivity index (χ2v) is 13.3. The Bertz CT molecular complexity index is 1040. The first kappa shape index (κ1) is 53.1. The predicted octanol–water partition coefficient (Wildman–Crippen LogP) is -0.312. The van der Waals surface area contributed by atoms with Crippen LogP contribution in [0.5, 0.6) is 0 Å². The van der Waals surface area contributed by atoms with Gasteiger partial charge in [0.2, 0.25) is 0 Å². The van der Waals surface area contributed by atoms with E-state index in [2.05, 4.69) is 0 Å². The van der Waals surface area contributed by atoms with Gasteiger partial charge in [-0.05, 0) is 0 Å². The monoisotopic (exact) mass is 792 g/mol. The van der Waals surface area contributed by atoms with Gasteiger partial charge in [0.1, 0.15) is 0 Å². The molecule has 0 aromatic rings. The smallest absolute Gasteiger partial charge is 0.396 e. The number of rotatable bonds is 8. The maximum Gasteiger partial charge on any atom is 0.405 e. The van der Waals surface area contributed by atoms with Gasteiger partial charge in [-0.1, -0.05) is 0 Å². The summed E-state index contributed by atoms with van der Waals surface area (Å²) in [6, 6.07) is 0. The Morgan fingerprint density at radius 3 is 0.444 bits per heavy atom. The highest BCUT2D eigenvalue weighted by molar-refractivity contribution is 7.86. The van der Waals surface area contributed by atoms with Crippen molar-refractivity contribution in [2.24, 2.45) is 5.41 Å². The van der Waals surface area contributed by atoms with E-state index in [4.69, 9.17) is 38.6 Å². The molecule has 0 fully saturated rings. The third-order valence-corrected chi connectivity index (χ3v) is 5.49. The van der Waals surface area contributed by atoms with Crippen molar-refractivity contribution in [1.82, 2.24) is 0 Å². The lowest BCUT2D eigenvalue weighted by Crippen LogP contribution is -2.37. The molecule has 0 aliphatic carbocycles. The van der Waals surface area contributed by atoms with Crippen LogP contribution in [0.1, 0.15) is 0 Å². The molecule has 0 unspecified atom stereocenters. The number of hydrogen-bond acceptors (Lipinski definition) is 12. The highest BCUT2D eigenvalue weighted by Gasteiger charge is 2.36. The van der Waals surface area contributed by atoms with Gasteiger partial charge < -0.3 is 20.4 Å². The molecule has 16 nitrogen and oxygen atoms in total. The Morgan fingerprint density at radius 1 is 0.333 bits per heavy atom.